The third-order valence-electron chi connectivity index (χ3n) is 4.28. The molecular formula is C19H22FN3S. The molecule has 0 aromatic heterocycles. The number of benzene rings is 2. The minimum absolute atomic E-state index is 0.184. The first-order valence-electron chi connectivity index (χ1n) is 8.19. The van der Waals surface area contributed by atoms with Crippen molar-refractivity contribution in [2.45, 2.75) is 13.5 Å². The maximum absolute atomic E-state index is 13.0. The normalized spacial score (nSPS) is 15.3. The van der Waals surface area contributed by atoms with Crippen LogP contribution in [0.1, 0.15) is 11.1 Å². The van der Waals surface area contributed by atoms with Crippen LogP contribution in [0.4, 0.5) is 10.1 Å². The van der Waals surface area contributed by atoms with Crippen molar-refractivity contribution in [3.8, 4) is 0 Å². The first-order chi connectivity index (χ1) is 11.6. The van der Waals surface area contributed by atoms with Gasteiger partial charge in [-0.1, -0.05) is 29.8 Å². The Morgan fingerprint density at radius 2 is 1.62 bits per heavy atom. The molecule has 0 bridgehead atoms. The topological polar surface area (TPSA) is 18.5 Å². The number of anilines is 1. The van der Waals surface area contributed by atoms with E-state index in [4.69, 9.17) is 12.2 Å². The molecule has 24 heavy (non-hydrogen) atoms. The number of hydrogen-bond donors (Lipinski definition) is 1. The molecule has 1 aliphatic heterocycles. The van der Waals surface area contributed by atoms with Crippen molar-refractivity contribution in [1.82, 2.24) is 9.80 Å². The van der Waals surface area contributed by atoms with E-state index >= 15 is 0 Å². The maximum atomic E-state index is 13.0. The van der Waals surface area contributed by atoms with E-state index in [0.717, 1.165) is 49.1 Å². The highest BCUT2D eigenvalue weighted by molar-refractivity contribution is 7.80. The summed E-state index contributed by atoms with van der Waals surface area (Å²) in [6.45, 7) is 6.63. The molecule has 2 aromatic carbocycles. The first-order valence-corrected chi connectivity index (χ1v) is 8.60. The summed E-state index contributed by atoms with van der Waals surface area (Å²) in [6.07, 6.45) is 0. The Morgan fingerprint density at radius 3 is 2.25 bits per heavy atom. The molecule has 0 atom stereocenters. The van der Waals surface area contributed by atoms with Gasteiger partial charge in [0.2, 0.25) is 0 Å². The van der Waals surface area contributed by atoms with Crippen LogP contribution < -0.4 is 5.32 Å². The fourth-order valence-electron chi connectivity index (χ4n) is 2.80. The summed E-state index contributed by atoms with van der Waals surface area (Å²) in [5.74, 6) is -0.184. The molecule has 0 unspecified atom stereocenters. The molecule has 2 aromatic rings. The standard InChI is InChI=1S/C19H22FN3S/c1-15-2-8-18(9-3-15)21-19(24)23-12-10-22(11-13-23)14-16-4-6-17(20)7-5-16/h2-9H,10-14H2,1H3,(H,21,24). The van der Waals surface area contributed by atoms with Gasteiger partial charge < -0.3 is 10.2 Å². The van der Waals surface area contributed by atoms with Gasteiger partial charge >= 0.3 is 0 Å². The van der Waals surface area contributed by atoms with E-state index in [0.29, 0.717) is 0 Å². The molecule has 1 fully saturated rings. The number of nitrogens with zero attached hydrogens (tertiary/aromatic N) is 2. The Labute approximate surface area is 148 Å². The fourth-order valence-corrected chi connectivity index (χ4v) is 3.10. The van der Waals surface area contributed by atoms with Gasteiger partial charge in [-0.3, -0.25) is 4.90 Å². The predicted molar refractivity (Wildman–Crippen MR) is 101 cm³/mol. The largest absolute Gasteiger partial charge is 0.346 e. The van der Waals surface area contributed by atoms with Crippen LogP contribution in [0.2, 0.25) is 0 Å². The molecular weight excluding hydrogens is 321 g/mol. The molecule has 1 heterocycles. The summed E-state index contributed by atoms with van der Waals surface area (Å²) >= 11 is 5.53. The Morgan fingerprint density at radius 1 is 1.00 bits per heavy atom. The van der Waals surface area contributed by atoms with Crippen LogP contribution in [0.25, 0.3) is 0 Å². The van der Waals surface area contributed by atoms with Crippen molar-refractivity contribution in [3.63, 3.8) is 0 Å². The fraction of sp³-hybridized carbons (Fsp3) is 0.316. The molecule has 0 aliphatic carbocycles. The van der Waals surface area contributed by atoms with Crippen LogP contribution in [-0.2, 0) is 6.54 Å². The van der Waals surface area contributed by atoms with Gasteiger partial charge in [-0.2, -0.15) is 0 Å². The highest BCUT2D eigenvalue weighted by Gasteiger charge is 2.19. The second-order valence-corrected chi connectivity index (χ2v) is 6.57. The lowest BCUT2D eigenvalue weighted by Crippen LogP contribution is -2.49. The molecule has 0 saturated carbocycles. The summed E-state index contributed by atoms with van der Waals surface area (Å²) in [7, 11) is 0. The van der Waals surface area contributed by atoms with Crippen molar-refractivity contribution in [2.75, 3.05) is 31.5 Å². The molecule has 0 radical (unpaired) electrons. The number of rotatable bonds is 3. The minimum Gasteiger partial charge on any atom is -0.346 e. The lowest BCUT2D eigenvalue weighted by atomic mass is 10.2. The number of piperazine rings is 1. The van der Waals surface area contributed by atoms with Gasteiger partial charge in [0.25, 0.3) is 0 Å². The second-order valence-electron chi connectivity index (χ2n) is 6.19. The van der Waals surface area contributed by atoms with E-state index in [9.17, 15) is 4.39 Å². The van der Waals surface area contributed by atoms with Gasteiger partial charge in [-0.05, 0) is 49.0 Å². The lowest BCUT2D eigenvalue weighted by molar-refractivity contribution is 0.177. The molecule has 1 saturated heterocycles. The zero-order valence-corrected chi connectivity index (χ0v) is 14.7. The quantitative estimate of drug-likeness (QED) is 0.857. The molecule has 1 N–H and O–H groups in total. The van der Waals surface area contributed by atoms with E-state index in [1.807, 2.05) is 24.3 Å². The zero-order valence-electron chi connectivity index (χ0n) is 13.8. The van der Waals surface area contributed by atoms with Crippen LogP contribution in [-0.4, -0.2) is 41.1 Å². The number of thiocarbonyl (C=S) groups is 1. The summed E-state index contributed by atoms with van der Waals surface area (Å²) in [6, 6.07) is 15.0. The summed E-state index contributed by atoms with van der Waals surface area (Å²) < 4.78 is 13.0. The Bertz CT molecular complexity index is 677. The van der Waals surface area contributed by atoms with Gasteiger partial charge in [0, 0.05) is 38.4 Å². The third kappa shape index (κ3) is 4.52. The average molecular weight is 343 g/mol. The summed E-state index contributed by atoms with van der Waals surface area (Å²) in [5, 5.41) is 4.08. The molecule has 5 heteroatoms. The van der Waals surface area contributed by atoms with E-state index in [-0.39, 0.29) is 5.82 Å². The first kappa shape index (κ1) is 16.9. The molecule has 3 rings (SSSR count). The molecule has 0 spiro atoms. The monoisotopic (exact) mass is 343 g/mol. The van der Waals surface area contributed by atoms with Crippen LogP contribution >= 0.6 is 12.2 Å². The van der Waals surface area contributed by atoms with Crippen LogP contribution in [0.3, 0.4) is 0 Å². The third-order valence-corrected chi connectivity index (χ3v) is 4.64. The van der Waals surface area contributed by atoms with E-state index < -0.39 is 0 Å². The molecule has 126 valence electrons. The Hall–Kier alpha value is -1.98. The molecule has 1 aliphatic rings. The number of aryl methyl sites for hydroxylation is 1. The van der Waals surface area contributed by atoms with Gasteiger partial charge in [-0.15, -0.1) is 0 Å². The van der Waals surface area contributed by atoms with Crippen LogP contribution in [0, 0.1) is 12.7 Å². The predicted octanol–water partition coefficient (Wildman–Crippen LogP) is 3.65. The van der Waals surface area contributed by atoms with E-state index in [1.165, 1.54) is 17.7 Å². The van der Waals surface area contributed by atoms with Gasteiger partial charge in [0.1, 0.15) is 5.82 Å². The van der Waals surface area contributed by atoms with Gasteiger partial charge in [0.15, 0.2) is 5.11 Å². The minimum atomic E-state index is -0.184. The number of halogens is 1. The number of hydrogen-bond acceptors (Lipinski definition) is 2. The average Bonchev–Trinajstić information content (AvgIpc) is 2.59. The zero-order chi connectivity index (χ0) is 16.9. The highest BCUT2D eigenvalue weighted by atomic mass is 32.1. The summed E-state index contributed by atoms with van der Waals surface area (Å²) in [5.41, 5.74) is 3.41. The summed E-state index contributed by atoms with van der Waals surface area (Å²) in [4.78, 5) is 4.58. The van der Waals surface area contributed by atoms with Gasteiger partial charge in [-0.25, -0.2) is 4.39 Å². The van der Waals surface area contributed by atoms with Crippen LogP contribution in [0.15, 0.2) is 48.5 Å². The molecule has 3 nitrogen and oxygen atoms in total. The maximum Gasteiger partial charge on any atom is 0.173 e. The molecule has 0 amide bonds. The van der Waals surface area contributed by atoms with Crippen molar-refractivity contribution in [1.29, 1.82) is 0 Å². The van der Waals surface area contributed by atoms with Crippen molar-refractivity contribution < 1.29 is 4.39 Å². The van der Waals surface area contributed by atoms with Crippen molar-refractivity contribution in [2.24, 2.45) is 0 Å². The SMILES string of the molecule is Cc1ccc(NC(=S)N2CCN(Cc3ccc(F)cc3)CC2)cc1. The number of nitrogens with one attached hydrogen (secondary N) is 1. The van der Waals surface area contributed by atoms with E-state index in [2.05, 4.69) is 34.2 Å². The Balaban J connectivity index is 1.48. The van der Waals surface area contributed by atoms with Crippen molar-refractivity contribution >= 4 is 23.0 Å². The highest BCUT2D eigenvalue weighted by Crippen LogP contribution is 2.13. The van der Waals surface area contributed by atoms with E-state index in [1.54, 1.807) is 0 Å². The second kappa shape index (κ2) is 7.73. The smallest absolute Gasteiger partial charge is 0.173 e. The Kier molecular flexibility index (Phi) is 5.43. The van der Waals surface area contributed by atoms with Crippen molar-refractivity contribution in [3.05, 3.63) is 65.5 Å². The lowest BCUT2D eigenvalue weighted by Gasteiger charge is -2.36. The van der Waals surface area contributed by atoms with Gasteiger partial charge in [0.05, 0.1) is 0 Å². The van der Waals surface area contributed by atoms with Crippen LogP contribution in [0.5, 0.6) is 0 Å².